The van der Waals surface area contributed by atoms with Crippen molar-refractivity contribution in [1.29, 1.82) is 10.5 Å². The number of nitrogens with zero attached hydrogens (tertiary/aromatic N) is 3. The van der Waals surface area contributed by atoms with E-state index in [1.165, 1.54) is 16.4 Å². The van der Waals surface area contributed by atoms with Crippen molar-refractivity contribution in [3.8, 4) is 29.0 Å². The third kappa shape index (κ3) is 4.61. The largest absolute Gasteiger partial charge is 0.486 e. The van der Waals surface area contributed by atoms with E-state index in [9.17, 15) is 24.0 Å². The molecule has 0 bridgehead atoms. The number of aromatic amines is 1. The summed E-state index contributed by atoms with van der Waals surface area (Å²) in [5.74, 6) is 0.440. The number of aromatic nitrogens is 1. The Hall–Kier alpha value is -4.00. The van der Waals surface area contributed by atoms with Crippen LogP contribution in [0.25, 0.3) is 17.2 Å². The van der Waals surface area contributed by atoms with Crippen LogP contribution in [-0.2, 0) is 10.0 Å². The van der Waals surface area contributed by atoms with Gasteiger partial charge in [-0.05, 0) is 35.4 Å². The first-order valence-electron chi connectivity index (χ1n) is 10.7. The molecular weight excluding hydrogens is 498 g/mol. The van der Waals surface area contributed by atoms with Crippen molar-refractivity contribution in [2.24, 2.45) is 0 Å². The zero-order chi connectivity index (χ0) is 26.0. The number of nitrogen functional groups attached to an aromatic ring is 1. The molecule has 1 fully saturated rings. The summed E-state index contributed by atoms with van der Waals surface area (Å²) in [6.07, 6.45) is -0.202. The first kappa shape index (κ1) is 25.1. The quantitative estimate of drug-likeness (QED) is 0.419. The van der Waals surface area contributed by atoms with Crippen molar-refractivity contribution in [3.63, 3.8) is 0 Å². The number of H-pyrrole nitrogens is 1. The Labute approximate surface area is 213 Å². The van der Waals surface area contributed by atoms with Gasteiger partial charge in [-0.2, -0.15) is 14.8 Å². The molecule has 2 atom stereocenters. The minimum atomic E-state index is -3.81. The van der Waals surface area contributed by atoms with Crippen LogP contribution in [-0.4, -0.2) is 48.1 Å². The van der Waals surface area contributed by atoms with Gasteiger partial charge in [0.1, 0.15) is 46.1 Å². The summed E-state index contributed by atoms with van der Waals surface area (Å²) in [5, 5.41) is 29.6. The van der Waals surface area contributed by atoms with Crippen LogP contribution in [0.5, 0.6) is 5.75 Å². The number of β-amino-alcohol motifs (C(OH)–C–C–N with tert-alkyl or cyclic N) is 1. The van der Waals surface area contributed by atoms with Crippen molar-refractivity contribution in [3.05, 3.63) is 76.4 Å². The van der Waals surface area contributed by atoms with Gasteiger partial charge in [0.05, 0.1) is 17.0 Å². The predicted molar refractivity (Wildman–Crippen MR) is 137 cm³/mol. The van der Waals surface area contributed by atoms with Crippen molar-refractivity contribution in [2.75, 3.05) is 18.8 Å². The maximum atomic E-state index is 13.0. The molecular formula is C25H21N5O4S2. The van der Waals surface area contributed by atoms with Gasteiger partial charge in [-0.1, -0.05) is 49.1 Å². The summed E-state index contributed by atoms with van der Waals surface area (Å²) in [6.45, 7) is 3.52. The molecule has 0 radical (unpaired) electrons. The van der Waals surface area contributed by atoms with Crippen LogP contribution < -0.4 is 10.5 Å². The second-order valence-corrected chi connectivity index (χ2v) is 10.4. The summed E-state index contributed by atoms with van der Waals surface area (Å²) in [6, 6.07) is 16.8. The van der Waals surface area contributed by atoms with Crippen LogP contribution in [0.4, 0.5) is 5.82 Å². The van der Waals surface area contributed by atoms with E-state index in [0.29, 0.717) is 16.9 Å². The number of aliphatic hydroxyl groups excluding tert-OH is 1. The highest BCUT2D eigenvalue weighted by Gasteiger charge is 2.40. The van der Waals surface area contributed by atoms with Gasteiger partial charge in [-0.3, -0.25) is 0 Å². The lowest BCUT2D eigenvalue weighted by Gasteiger charge is -2.18. The molecule has 0 aliphatic carbocycles. The first-order valence-corrected chi connectivity index (χ1v) is 12.6. The number of rotatable bonds is 6. The average Bonchev–Trinajstić information content (AvgIpc) is 3.25. The summed E-state index contributed by atoms with van der Waals surface area (Å²) in [5.41, 5.74) is 7.75. The zero-order valence-corrected chi connectivity index (χ0v) is 20.5. The highest BCUT2D eigenvalue weighted by atomic mass is 32.2. The molecule has 0 saturated carbocycles. The number of aliphatic hydroxyl groups is 1. The molecule has 36 heavy (non-hydrogen) atoms. The molecule has 1 aliphatic heterocycles. The molecule has 1 saturated heterocycles. The van der Waals surface area contributed by atoms with Crippen molar-refractivity contribution >= 4 is 34.1 Å². The van der Waals surface area contributed by atoms with E-state index < -0.39 is 22.2 Å². The van der Waals surface area contributed by atoms with Gasteiger partial charge in [0.25, 0.3) is 0 Å². The van der Waals surface area contributed by atoms with Gasteiger partial charge in [0, 0.05) is 12.1 Å². The molecule has 4 rings (SSSR count). The second-order valence-electron chi connectivity index (χ2n) is 8.06. The number of nitriles is 2. The molecule has 0 spiro atoms. The Morgan fingerprint density at radius 1 is 1.11 bits per heavy atom. The molecule has 2 aromatic carbocycles. The minimum absolute atomic E-state index is 0.0318. The number of ether oxygens (including phenoxy) is 1. The smallest absolute Gasteiger partial charge is 0.243 e. The summed E-state index contributed by atoms with van der Waals surface area (Å²) >= 11 is 5.18. The van der Waals surface area contributed by atoms with E-state index in [1.807, 2.05) is 12.1 Å². The van der Waals surface area contributed by atoms with Crippen molar-refractivity contribution in [1.82, 2.24) is 9.29 Å². The fourth-order valence-electron chi connectivity index (χ4n) is 3.97. The first-order chi connectivity index (χ1) is 17.2. The topological polar surface area (TPSA) is 156 Å². The summed E-state index contributed by atoms with van der Waals surface area (Å²) in [7, 11) is -3.81. The van der Waals surface area contributed by atoms with E-state index in [1.54, 1.807) is 42.5 Å². The molecule has 11 heteroatoms. The standard InChI is InChI=1S/C25H21N5O4S2/c1-2-15-3-9-18(10-4-15)36(32,33)30-13-21(31)22(14-30)34-17-7-5-16(6-8-17)23-19(11-26)24(28)29-25(35)20(23)12-27/h2-10,21-22,31H,1,13-14H2,(H3,28,29,35)/t21-,22-/m0/s1. The molecule has 4 N–H and O–H groups in total. The number of pyridine rings is 1. The lowest BCUT2D eigenvalue weighted by Crippen LogP contribution is -2.31. The molecule has 0 unspecified atom stereocenters. The fraction of sp³-hybridized carbons (Fsp3) is 0.160. The van der Waals surface area contributed by atoms with E-state index in [4.69, 9.17) is 22.7 Å². The van der Waals surface area contributed by atoms with Crippen LogP contribution in [0.15, 0.2) is 60.0 Å². The molecule has 1 aromatic heterocycles. The Morgan fingerprint density at radius 2 is 1.75 bits per heavy atom. The number of nitrogens with two attached hydrogens (primary N) is 1. The Kier molecular flexibility index (Phi) is 6.93. The van der Waals surface area contributed by atoms with Crippen molar-refractivity contribution in [2.45, 2.75) is 17.1 Å². The Bertz CT molecular complexity index is 1570. The van der Waals surface area contributed by atoms with E-state index in [2.05, 4.69) is 11.6 Å². The van der Waals surface area contributed by atoms with Gasteiger partial charge in [0.15, 0.2) is 0 Å². The van der Waals surface area contributed by atoms with E-state index in [-0.39, 0.29) is 39.6 Å². The highest BCUT2D eigenvalue weighted by Crippen LogP contribution is 2.32. The average molecular weight is 520 g/mol. The lowest BCUT2D eigenvalue weighted by atomic mass is 9.97. The van der Waals surface area contributed by atoms with Gasteiger partial charge >= 0.3 is 0 Å². The van der Waals surface area contributed by atoms with Crippen LogP contribution >= 0.6 is 12.2 Å². The molecule has 182 valence electrons. The molecule has 9 nitrogen and oxygen atoms in total. The maximum Gasteiger partial charge on any atom is 0.243 e. The van der Waals surface area contributed by atoms with Gasteiger partial charge in [0.2, 0.25) is 10.0 Å². The van der Waals surface area contributed by atoms with E-state index in [0.717, 1.165) is 5.56 Å². The number of benzene rings is 2. The molecule has 2 heterocycles. The summed E-state index contributed by atoms with van der Waals surface area (Å²) in [4.78, 5) is 2.77. The predicted octanol–water partition coefficient (Wildman–Crippen LogP) is 3.19. The Balaban J connectivity index is 1.55. The fourth-order valence-corrected chi connectivity index (χ4v) is 5.70. The van der Waals surface area contributed by atoms with Gasteiger partial charge in [-0.25, -0.2) is 8.42 Å². The minimum Gasteiger partial charge on any atom is -0.486 e. The lowest BCUT2D eigenvalue weighted by molar-refractivity contribution is 0.0737. The van der Waals surface area contributed by atoms with Crippen LogP contribution in [0.3, 0.4) is 0 Å². The second kappa shape index (κ2) is 9.93. The molecule has 3 aromatic rings. The normalized spacial score (nSPS) is 17.8. The summed E-state index contributed by atoms with van der Waals surface area (Å²) < 4.78 is 33.2. The van der Waals surface area contributed by atoms with Crippen molar-refractivity contribution < 1.29 is 18.3 Å². The van der Waals surface area contributed by atoms with Crippen LogP contribution in [0.2, 0.25) is 0 Å². The number of nitrogens with one attached hydrogen (secondary N) is 1. The number of sulfonamides is 1. The third-order valence-electron chi connectivity index (χ3n) is 5.86. The maximum absolute atomic E-state index is 13.0. The highest BCUT2D eigenvalue weighted by molar-refractivity contribution is 7.89. The number of hydrogen-bond acceptors (Lipinski definition) is 8. The SMILES string of the molecule is C=Cc1ccc(S(=O)(=O)N2C[C@H](Oc3ccc(-c4c(C#N)c(N)[nH]c(=S)c4C#N)cc3)[C@@H](O)C2)cc1. The zero-order valence-electron chi connectivity index (χ0n) is 18.9. The number of anilines is 1. The van der Waals surface area contributed by atoms with Crippen LogP contribution in [0, 0.1) is 27.3 Å². The monoisotopic (exact) mass is 519 g/mol. The number of hydrogen-bond donors (Lipinski definition) is 3. The van der Waals surface area contributed by atoms with E-state index >= 15 is 0 Å². The van der Waals surface area contributed by atoms with Gasteiger partial charge in [-0.15, -0.1) is 0 Å². The molecule has 1 aliphatic rings. The molecule has 0 amide bonds. The van der Waals surface area contributed by atoms with Crippen LogP contribution in [0.1, 0.15) is 16.7 Å². The Morgan fingerprint density at radius 3 is 2.33 bits per heavy atom. The van der Waals surface area contributed by atoms with Gasteiger partial charge < -0.3 is 20.6 Å². The third-order valence-corrected chi connectivity index (χ3v) is 8.01.